The van der Waals surface area contributed by atoms with Crippen LogP contribution in [0, 0.1) is 0 Å². The number of nitrogens with one attached hydrogen (secondary N) is 1. The Kier molecular flexibility index (Phi) is 7.55. The van der Waals surface area contributed by atoms with Crippen LogP contribution in [0.1, 0.15) is 22.8 Å². The van der Waals surface area contributed by atoms with Gasteiger partial charge in [-0.25, -0.2) is 4.79 Å². The van der Waals surface area contributed by atoms with E-state index in [4.69, 9.17) is 27.2 Å². The second-order valence-corrected chi connectivity index (χ2v) is 7.77. The number of amides is 4. The molecule has 0 bridgehead atoms. The molecule has 1 aliphatic heterocycles. The number of ether oxygens (including phenoxy) is 1. The number of aliphatic hydroxyl groups excluding tert-OH is 1. The molecule has 3 rings (SSSR count). The summed E-state index contributed by atoms with van der Waals surface area (Å²) in [7, 11) is 0. The number of benzene rings is 2. The van der Waals surface area contributed by atoms with Crippen LogP contribution in [-0.2, 0) is 11.3 Å². The van der Waals surface area contributed by atoms with E-state index >= 15 is 0 Å². The van der Waals surface area contributed by atoms with Crippen molar-refractivity contribution in [1.82, 2.24) is 10.2 Å². The molecule has 0 saturated heterocycles. The first kappa shape index (κ1) is 23.4. The Bertz CT molecular complexity index is 1020. The molecule has 0 saturated carbocycles. The number of hydrogen-bond acceptors (Lipinski definition) is 5. The van der Waals surface area contributed by atoms with E-state index in [0.717, 1.165) is 5.56 Å². The monoisotopic (exact) mass is 460 g/mol. The lowest BCUT2D eigenvalue weighted by atomic mass is 10.1. The lowest BCUT2D eigenvalue weighted by molar-refractivity contribution is -0.117. The van der Waals surface area contributed by atoms with Gasteiger partial charge in [-0.2, -0.15) is 0 Å². The van der Waals surface area contributed by atoms with Crippen molar-refractivity contribution in [3.63, 3.8) is 0 Å². The fraction of sp³-hybridized carbons (Fsp3) is 0.318. The summed E-state index contributed by atoms with van der Waals surface area (Å²) >= 11 is 6.37. The van der Waals surface area contributed by atoms with Crippen LogP contribution in [0.3, 0.4) is 0 Å². The number of aliphatic hydroxyl groups is 1. The Labute approximate surface area is 190 Å². The molecule has 2 aromatic carbocycles. The van der Waals surface area contributed by atoms with Gasteiger partial charge in [0.2, 0.25) is 5.91 Å². The molecule has 0 radical (unpaired) electrons. The summed E-state index contributed by atoms with van der Waals surface area (Å²) in [6.45, 7) is 2.01. The predicted molar refractivity (Wildman–Crippen MR) is 120 cm³/mol. The number of carbonyl (C=O) groups is 3. The summed E-state index contributed by atoms with van der Waals surface area (Å²) in [4.78, 5) is 40.3. The third-order valence-corrected chi connectivity index (χ3v) is 5.37. The van der Waals surface area contributed by atoms with Crippen molar-refractivity contribution < 1.29 is 24.2 Å². The van der Waals surface area contributed by atoms with Crippen LogP contribution in [-0.4, -0.2) is 60.2 Å². The Morgan fingerprint density at radius 1 is 1.25 bits per heavy atom. The number of anilines is 1. The maximum absolute atomic E-state index is 13.5. The number of carbonyl (C=O) groups excluding carboxylic acids is 3. The van der Waals surface area contributed by atoms with Crippen molar-refractivity contribution in [1.29, 1.82) is 0 Å². The van der Waals surface area contributed by atoms with Gasteiger partial charge in [-0.3, -0.25) is 9.59 Å². The summed E-state index contributed by atoms with van der Waals surface area (Å²) in [6, 6.07) is 11.2. The van der Waals surface area contributed by atoms with Crippen molar-refractivity contribution in [3.8, 4) is 5.75 Å². The normalized spacial score (nSPS) is 15.5. The molecule has 0 spiro atoms. The number of halogens is 1. The van der Waals surface area contributed by atoms with Crippen LogP contribution in [0.15, 0.2) is 42.5 Å². The second kappa shape index (κ2) is 10.3. The fourth-order valence-corrected chi connectivity index (χ4v) is 3.76. The van der Waals surface area contributed by atoms with Crippen molar-refractivity contribution >= 4 is 35.1 Å². The Morgan fingerprint density at radius 3 is 2.69 bits per heavy atom. The molecular weight excluding hydrogens is 436 g/mol. The number of nitrogens with two attached hydrogens (primary N) is 1. The predicted octanol–water partition coefficient (Wildman–Crippen LogP) is 1.76. The SMILES string of the molecule is C[C@@H]1CN(C(=O)c2ccc(OCCO)cc2Cl)c2ccccc2CN1C(=O)NCC(N)=O. The van der Waals surface area contributed by atoms with Gasteiger partial charge in [0.25, 0.3) is 5.91 Å². The molecule has 10 heteroatoms. The number of primary amides is 1. The van der Waals surface area contributed by atoms with E-state index in [0.29, 0.717) is 11.4 Å². The molecular formula is C22H25ClN4O5. The Hall–Kier alpha value is -3.30. The molecule has 2 aromatic rings. The van der Waals surface area contributed by atoms with E-state index in [1.54, 1.807) is 21.9 Å². The van der Waals surface area contributed by atoms with Gasteiger partial charge >= 0.3 is 6.03 Å². The van der Waals surface area contributed by atoms with Crippen LogP contribution in [0.2, 0.25) is 5.02 Å². The molecule has 4 amide bonds. The number of urea groups is 1. The smallest absolute Gasteiger partial charge is 0.318 e. The summed E-state index contributed by atoms with van der Waals surface area (Å²) in [5, 5.41) is 11.6. The molecule has 0 aromatic heterocycles. The first-order valence-corrected chi connectivity index (χ1v) is 10.5. The lowest BCUT2D eigenvalue weighted by Gasteiger charge is -2.29. The van der Waals surface area contributed by atoms with Crippen molar-refractivity contribution in [2.24, 2.45) is 5.73 Å². The summed E-state index contributed by atoms with van der Waals surface area (Å²) in [5.74, 6) is -0.510. The topological polar surface area (TPSA) is 125 Å². The average molecular weight is 461 g/mol. The molecule has 1 atom stereocenters. The number of fused-ring (bicyclic) bond motifs is 1. The van der Waals surface area contributed by atoms with E-state index in [1.165, 1.54) is 6.07 Å². The summed E-state index contributed by atoms with van der Waals surface area (Å²) in [6.07, 6.45) is 0. The highest BCUT2D eigenvalue weighted by atomic mass is 35.5. The van der Waals surface area contributed by atoms with Gasteiger partial charge in [-0.15, -0.1) is 0 Å². The molecule has 170 valence electrons. The quantitative estimate of drug-likeness (QED) is 0.605. The molecule has 1 aliphatic rings. The number of para-hydroxylation sites is 1. The number of rotatable bonds is 6. The van der Waals surface area contributed by atoms with E-state index in [2.05, 4.69) is 5.32 Å². The van der Waals surface area contributed by atoms with Crippen LogP contribution in [0.5, 0.6) is 5.75 Å². The van der Waals surface area contributed by atoms with Gasteiger partial charge in [0.05, 0.1) is 23.7 Å². The first-order chi connectivity index (χ1) is 15.3. The van der Waals surface area contributed by atoms with Gasteiger partial charge in [-0.05, 0) is 36.8 Å². The number of nitrogens with zero attached hydrogens (tertiary/aromatic N) is 2. The van der Waals surface area contributed by atoms with Gasteiger partial charge in [0.1, 0.15) is 12.4 Å². The largest absolute Gasteiger partial charge is 0.491 e. The van der Waals surface area contributed by atoms with Crippen molar-refractivity contribution in [2.75, 3.05) is 31.2 Å². The lowest BCUT2D eigenvalue weighted by Crippen LogP contribution is -2.49. The van der Waals surface area contributed by atoms with Crippen molar-refractivity contribution in [3.05, 3.63) is 58.6 Å². The second-order valence-electron chi connectivity index (χ2n) is 7.36. The fourth-order valence-electron chi connectivity index (χ4n) is 3.50. The summed E-state index contributed by atoms with van der Waals surface area (Å²) in [5.41, 5.74) is 6.87. The molecule has 0 aliphatic carbocycles. The standard InChI is InChI=1S/C22H25ClN4O5/c1-14-12-27(21(30)17-7-6-16(10-18(17)23)32-9-8-28)19-5-3-2-4-15(19)13-26(14)22(31)25-11-20(24)29/h2-7,10,14,28H,8-9,11-13H2,1H3,(H2,24,29)(H,25,31)/t14-/m1/s1. The average Bonchev–Trinajstić information content (AvgIpc) is 2.92. The third kappa shape index (κ3) is 5.30. The van der Waals surface area contributed by atoms with E-state index in [1.807, 2.05) is 31.2 Å². The number of hydrogen-bond donors (Lipinski definition) is 3. The maximum Gasteiger partial charge on any atom is 0.318 e. The molecule has 32 heavy (non-hydrogen) atoms. The van der Waals surface area contributed by atoms with Gasteiger partial charge in [0, 0.05) is 24.8 Å². The highest BCUT2D eigenvalue weighted by Crippen LogP contribution is 2.31. The molecule has 9 nitrogen and oxygen atoms in total. The van der Waals surface area contributed by atoms with Gasteiger partial charge < -0.3 is 30.7 Å². The molecule has 0 unspecified atom stereocenters. The molecule has 0 fully saturated rings. The minimum atomic E-state index is -0.640. The minimum Gasteiger partial charge on any atom is -0.491 e. The van der Waals surface area contributed by atoms with Crippen molar-refractivity contribution in [2.45, 2.75) is 19.5 Å². The Morgan fingerprint density at radius 2 is 2.00 bits per heavy atom. The Balaban J connectivity index is 1.90. The van der Waals surface area contributed by atoms with Crippen LogP contribution >= 0.6 is 11.6 Å². The van der Waals surface area contributed by atoms with Gasteiger partial charge in [0.15, 0.2) is 0 Å². The third-order valence-electron chi connectivity index (χ3n) is 5.05. The zero-order valence-corrected chi connectivity index (χ0v) is 18.3. The highest BCUT2D eigenvalue weighted by molar-refractivity contribution is 6.34. The molecule has 4 N–H and O–H groups in total. The van der Waals surface area contributed by atoms with E-state index in [9.17, 15) is 14.4 Å². The van der Waals surface area contributed by atoms with Gasteiger partial charge in [-0.1, -0.05) is 29.8 Å². The zero-order chi connectivity index (χ0) is 23.3. The maximum atomic E-state index is 13.5. The summed E-state index contributed by atoms with van der Waals surface area (Å²) < 4.78 is 5.35. The van der Waals surface area contributed by atoms with Crippen LogP contribution in [0.25, 0.3) is 0 Å². The van der Waals surface area contributed by atoms with Crippen LogP contribution in [0.4, 0.5) is 10.5 Å². The highest BCUT2D eigenvalue weighted by Gasteiger charge is 2.32. The zero-order valence-electron chi connectivity index (χ0n) is 17.6. The van der Waals surface area contributed by atoms with Crippen LogP contribution < -0.4 is 20.7 Å². The van der Waals surface area contributed by atoms with E-state index in [-0.39, 0.29) is 55.4 Å². The molecule has 1 heterocycles. The first-order valence-electron chi connectivity index (χ1n) is 10.1. The minimum absolute atomic E-state index is 0.119. The van der Waals surface area contributed by atoms with E-state index < -0.39 is 11.9 Å².